The van der Waals surface area contributed by atoms with Gasteiger partial charge in [-0.15, -0.1) is 0 Å². The Morgan fingerprint density at radius 3 is 1.07 bits per heavy atom. The second kappa shape index (κ2) is 17.0. The molecule has 0 fully saturated rings. The largest absolute Gasteiger partial charge is 0.456 e. The van der Waals surface area contributed by atoms with Crippen molar-refractivity contribution in [3.05, 3.63) is 336 Å². The average Bonchev–Trinajstić information content (AvgIpc) is 1.62. The van der Waals surface area contributed by atoms with Gasteiger partial charge in [0.05, 0.1) is 10.8 Å². The van der Waals surface area contributed by atoms with Gasteiger partial charge in [-0.3, -0.25) is 0 Å². The lowest BCUT2D eigenvalue weighted by Crippen LogP contribution is -2.32. The molecule has 0 bridgehead atoms. The van der Waals surface area contributed by atoms with E-state index < -0.39 is 10.8 Å². The molecule has 0 unspecified atom stereocenters. The quantitative estimate of drug-likeness (QED) is 0.164. The van der Waals surface area contributed by atoms with Gasteiger partial charge in [-0.25, -0.2) is 0 Å². The molecule has 0 saturated carbocycles. The fraction of sp³-hybridized carbons (Fsp3) is 0.0250. The molecule has 14 aromatic rings. The number of fused-ring (bicyclic) bond motifs is 21. The Balaban J connectivity index is 0.953. The van der Waals surface area contributed by atoms with E-state index in [1.165, 1.54) is 77.5 Å². The van der Waals surface area contributed by atoms with Gasteiger partial charge < -0.3 is 9.47 Å². The molecule has 0 N–H and O–H groups in total. The van der Waals surface area contributed by atoms with E-state index in [4.69, 9.17) is 9.47 Å². The van der Waals surface area contributed by atoms with Crippen molar-refractivity contribution in [1.82, 2.24) is 0 Å². The Kier molecular flexibility index (Phi) is 9.39. The third-order valence-electron chi connectivity index (χ3n) is 18.6. The second-order valence-corrected chi connectivity index (χ2v) is 22.4. The van der Waals surface area contributed by atoms with Crippen LogP contribution < -0.4 is 9.47 Å². The Hall–Kier alpha value is -10.5. The lowest BCUT2D eigenvalue weighted by Gasteiger charge is -2.40. The molecule has 4 aliphatic rings. The fourth-order valence-electron chi connectivity index (χ4n) is 15.4. The first-order valence-corrected chi connectivity index (χ1v) is 28.5. The summed E-state index contributed by atoms with van der Waals surface area (Å²) in [6.07, 6.45) is 0. The molecule has 2 spiro atoms. The summed E-state index contributed by atoms with van der Waals surface area (Å²) < 4.78 is 14.8. The van der Waals surface area contributed by atoms with Crippen molar-refractivity contribution in [3.63, 3.8) is 0 Å². The van der Waals surface area contributed by atoms with E-state index in [-0.39, 0.29) is 0 Å². The molecule has 2 nitrogen and oxygen atoms in total. The highest BCUT2D eigenvalue weighted by molar-refractivity contribution is 6.22. The molecule has 2 heteroatoms. The van der Waals surface area contributed by atoms with E-state index in [0.29, 0.717) is 0 Å². The van der Waals surface area contributed by atoms with Gasteiger partial charge in [0, 0.05) is 33.4 Å². The molecule has 14 aromatic carbocycles. The van der Waals surface area contributed by atoms with E-state index in [0.717, 1.165) is 89.1 Å². The summed E-state index contributed by atoms with van der Waals surface area (Å²) in [6, 6.07) is 108. The predicted molar refractivity (Wildman–Crippen MR) is 335 cm³/mol. The van der Waals surface area contributed by atoms with Crippen LogP contribution in [-0.2, 0) is 10.8 Å². The maximum atomic E-state index is 7.42. The van der Waals surface area contributed by atoms with Crippen LogP contribution in [0.5, 0.6) is 23.0 Å². The topological polar surface area (TPSA) is 18.5 Å². The van der Waals surface area contributed by atoms with Gasteiger partial charge in [-0.05, 0) is 141 Å². The van der Waals surface area contributed by atoms with Gasteiger partial charge in [0.25, 0.3) is 0 Å². The number of ether oxygens (including phenoxy) is 2. The minimum Gasteiger partial charge on any atom is -0.456 e. The van der Waals surface area contributed by atoms with Crippen LogP contribution in [0.15, 0.2) is 291 Å². The van der Waals surface area contributed by atoms with E-state index in [2.05, 4.69) is 291 Å². The highest BCUT2D eigenvalue weighted by Crippen LogP contribution is 2.66. The zero-order valence-corrected chi connectivity index (χ0v) is 44.5. The second-order valence-electron chi connectivity index (χ2n) is 22.4. The fourth-order valence-corrected chi connectivity index (χ4v) is 15.4. The number of hydrogen-bond donors (Lipinski definition) is 0. The summed E-state index contributed by atoms with van der Waals surface area (Å²) in [4.78, 5) is 0. The SMILES string of the molecule is c1ccc(-c2cc(-c3c4cccc(-c5cccc6c5Oc5ccccc5C65c6ccccc6-c6ccccc65)c4cc4c(-c5cccc6c5Oc5ccccc5C65c6ccccc6-c6ccccc65)cccc34)c3ccccc3c2)cc1. The summed E-state index contributed by atoms with van der Waals surface area (Å²) in [7, 11) is 0. The van der Waals surface area contributed by atoms with Crippen LogP contribution in [0.4, 0.5) is 0 Å². The van der Waals surface area contributed by atoms with Crippen molar-refractivity contribution in [2.75, 3.05) is 0 Å². The maximum absolute atomic E-state index is 7.42. The van der Waals surface area contributed by atoms with Crippen LogP contribution in [0.2, 0.25) is 0 Å². The third kappa shape index (κ3) is 5.92. The molecule has 2 heterocycles. The van der Waals surface area contributed by atoms with Crippen molar-refractivity contribution in [3.8, 4) is 89.8 Å². The molecule has 0 aromatic heterocycles. The Labute approximate surface area is 475 Å². The lowest BCUT2D eigenvalue weighted by atomic mass is 9.65. The smallest absolute Gasteiger partial charge is 0.140 e. The van der Waals surface area contributed by atoms with Crippen LogP contribution >= 0.6 is 0 Å². The zero-order chi connectivity index (χ0) is 53.7. The molecule has 0 atom stereocenters. The van der Waals surface area contributed by atoms with Crippen LogP contribution in [0.25, 0.3) is 99.1 Å². The third-order valence-corrected chi connectivity index (χ3v) is 18.6. The number of hydrogen-bond acceptors (Lipinski definition) is 2. The van der Waals surface area contributed by atoms with Crippen molar-refractivity contribution >= 4 is 32.3 Å². The van der Waals surface area contributed by atoms with Gasteiger partial charge in [0.2, 0.25) is 0 Å². The van der Waals surface area contributed by atoms with E-state index in [9.17, 15) is 0 Å². The minimum absolute atomic E-state index is 0.609. The van der Waals surface area contributed by atoms with Crippen molar-refractivity contribution in [2.45, 2.75) is 10.8 Å². The monoisotopic (exact) mass is 1040 g/mol. The molecule has 0 saturated heterocycles. The van der Waals surface area contributed by atoms with Crippen molar-refractivity contribution in [2.24, 2.45) is 0 Å². The van der Waals surface area contributed by atoms with Gasteiger partial charge in [0.15, 0.2) is 0 Å². The van der Waals surface area contributed by atoms with Crippen molar-refractivity contribution < 1.29 is 9.47 Å². The molecular weight excluding hydrogens is 993 g/mol. The van der Waals surface area contributed by atoms with E-state index in [1.807, 2.05) is 0 Å². The molecule has 0 amide bonds. The maximum Gasteiger partial charge on any atom is 0.140 e. The van der Waals surface area contributed by atoms with Crippen LogP contribution in [0, 0.1) is 0 Å². The molecule has 380 valence electrons. The normalized spacial score (nSPS) is 14.0. The van der Waals surface area contributed by atoms with Crippen LogP contribution in [0.1, 0.15) is 44.5 Å². The predicted octanol–water partition coefficient (Wildman–Crippen LogP) is 20.8. The van der Waals surface area contributed by atoms with Gasteiger partial charge in [-0.1, -0.05) is 261 Å². The average molecular weight is 1040 g/mol. The first kappa shape index (κ1) is 45.3. The van der Waals surface area contributed by atoms with E-state index >= 15 is 0 Å². The van der Waals surface area contributed by atoms with E-state index in [1.54, 1.807) is 0 Å². The first-order valence-electron chi connectivity index (χ1n) is 28.5. The Morgan fingerprint density at radius 2 is 0.573 bits per heavy atom. The molecule has 82 heavy (non-hydrogen) atoms. The summed E-state index contributed by atoms with van der Waals surface area (Å²) in [5.74, 6) is 3.48. The summed E-state index contributed by atoms with van der Waals surface area (Å²) >= 11 is 0. The molecule has 2 aliphatic heterocycles. The first-order chi connectivity index (χ1) is 40.7. The Morgan fingerprint density at radius 1 is 0.207 bits per heavy atom. The number of benzene rings is 14. The number of para-hydroxylation sites is 4. The summed E-state index contributed by atoms with van der Waals surface area (Å²) in [5, 5.41) is 6.98. The van der Waals surface area contributed by atoms with Crippen LogP contribution in [-0.4, -0.2) is 0 Å². The van der Waals surface area contributed by atoms with Gasteiger partial charge >= 0.3 is 0 Å². The molecular formula is C80H48O2. The highest BCUT2D eigenvalue weighted by atomic mass is 16.5. The number of rotatable bonds is 4. The highest BCUT2D eigenvalue weighted by Gasteiger charge is 2.53. The molecule has 0 radical (unpaired) electrons. The summed E-state index contributed by atoms with van der Waals surface area (Å²) in [6.45, 7) is 0. The minimum atomic E-state index is -0.609. The standard InChI is InChI=1S/C80H48O2/c1-2-22-49(23-3-1)51-46-50-24-4-5-25-52(50)65(47-51)76-59-32-18-30-53(61-34-20-42-72-77(61)81-74-44-16-14-40-70(74)79(72)66-36-10-6-26-55(66)56-27-7-11-37-67(56)79)63(59)48-64-54(31-19-33-60(64)76)62-35-21-43-73-78(62)82-75-45-17-15-41-71(75)80(73)68-38-12-8-28-57(68)58-29-9-13-39-69(58)80/h1-48H. The van der Waals surface area contributed by atoms with Crippen LogP contribution in [0.3, 0.4) is 0 Å². The lowest BCUT2D eigenvalue weighted by molar-refractivity contribution is 0.438. The zero-order valence-electron chi connectivity index (χ0n) is 44.5. The molecule has 18 rings (SSSR count). The molecule has 2 aliphatic carbocycles. The van der Waals surface area contributed by atoms with Gasteiger partial charge in [0.1, 0.15) is 23.0 Å². The van der Waals surface area contributed by atoms with Crippen molar-refractivity contribution in [1.29, 1.82) is 0 Å². The summed E-state index contributed by atoms with van der Waals surface area (Å²) in [5.41, 5.74) is 22.5. The van der Waals surface area contributed by atoms with Gasteiger partial charge in [-0.2, -0.15) is 0 Å². The Bertz CT molecular complexity index is 4720.